The zero-order valence-electron chi connectivity index (χ0n) is 18.4. The van der Waals surface area contributed by atoms with Crippen molar-refractivity contribution in [3.63, 3.8) is 0 Å². The number of aromatic nitrogens is 4. The number of fused-ring (bicyclic) bond motifs is 1. The van der Waals surface area contributed by atoms with Crippen LogP contribution in [-0.4, -0.2) is 31.0 Å². The van der Waals surface area contributed by atoms with Crippen molar-refractivity contribution in [1.82, 2.24) is 18.7 Å². The molecule has 0 radical (unpaired) electrons. The minimum Gasteiger partial charge on any atom is -0.316 e. The van der Waals surface area contributed by atoms with Crippen molar-refractivity contribution in [2.24, 2.45) is 21.1 Å². The van der Waals surface area contributed by atoms with Crippen LogP contribution in [0.25, 0.3) is 11.2 Å². The summed E-state index contributed by atoms with van der Waals surface area (Å²) in [6, 6.07) is 14.6. The second-order valence-corrected chi connectivity index (χ2v) is 9.19. The Hall–Kier alpha value is -3.44. The number of benzene rings is 2. The van der Waals surface area contributed by atoms with Crippen LogP contribution in [0.4, 0.5) is 16.2 Å². The lowest BCUT2D eigenvalue weighted by atomic mass is 10.3. The van der Waals surface area contributed by atoms with Gasteiger partial charge in [-0.3, -0.25) is 13.9 Å². The van der Waals surface area contributed by atoms with Crippen LogP contribution in [0, 0.1) is 0 Å². The summed E-state index contributed by atoms with van der Waals surface area (Å²) in [5.41, 5.74) is 1.25. The highest BCUT2D eigenvalue weighted by Gasteiger charge is 2.17. The van der Waals surface area contributed by atoms with Gasteiger partial charge in [-0.2, -0.15) is 0 Å². The lowest BCUT2D eigenvalue weighted by Crippen LogP contribution is -2.37. The topological polar surface area (TPSA) is 103 Å². The van der Waals surface area contributed by atoms with Crippen molar-refractivity contribution >= 4 is 52.1 Å². The molecule has 11 heteroatoms. The highest BCUT2D eigenvalue weighted by Crippen LogP contribution is 2.29. The first-order chi connectivity index (χ1) is 15.8. The first-order valence-corrected chi connectivity index (χ1v) is 11.9. The Morgan fingerprint density at radius 3 is 2.27 bits per heavy atom. The van der Waals surface area contributed by atoms with Gasteiger partial charge in [-0.25, -0.2) is 14.6 Å². The fourth-order valence-corrected chi connectivity index (χ4v) is 4.60. The fourth-order valence-electron chi connectivity index (χ4n) is 3.30. The van der Waals surface area contributed by atoms with Gasteiger partial charge < -0.3 is 15.2 Å². The van der Waals surface area contributed by atoms with E-state index in [0.717, 1.165) is 14.4 Å². The molecule has 0 spiro atoms. The number of rotatable bonds is 5. The third-order valence-electron chi connectivity index (χ3n) is 5.08. The highest BCUT2D eigenvalue weighted by molar-refractivity contribution is 7.99. The van der Waals surface area contributed by atoms with Gasteiger partial charge in [0.2, 0.25) is 0 Å². The third-order valence-corrected chi connectivity index (χ3v) is 6.86. The van der Waals surface area contributed by atoms with E-state index in [-0.39, 0.29) is 11.6 Å². The number of nitrogens with zero attached hydrogens (tertiary/aromatic N) is 4. The van der Waals surface area contributed by atoms with Gasteiger partial charge in [-0.05, 0) is 48.7 Å². The zero-order chi connectivity index (χ0) is 23.7. The van der Waals surface area contributed by atoms with E-state index in [9.17, 15) is 14.4 Å². The van der Waals surface area contributed by atoms with E-state index in [1.165, 1.54) is 23.4 Å². The Morgan fingerprint density at radius 1 is 0.879 bits per heavy atom. The molecule has 2 heterocycles. The minimum atomic E-state index is -0.420. The van der Waals surface area contributed by atoms with Gasteiger partial charge in [-0.15, -0.1) is 11.8 Å². The molecule has 4 aromatic rings. The summed E-state index contributed by atoms with van der Waals surface area (Å²) in [6.07, 6.45) is 1.98. The van der Waals surface area contributed by atoms with Gasteiger partial charge in [0.25, 0.3) is 5.56 Å². The molecule has 9 nitrogen and oxygen atoms in total. The van der Waals surface area contributed by atoms with Crippen molar-refractivity contribution in [2.45, 2.75) is 14.9 Å². The second kappa shape index (κ2) is 9.20. The van der Waals surface area contributed by atoms with Gasteiger partial charge in [0, 0.05) is 42.3 Å². The molecule has 0 bridgehead atoms. The summed E-state index contributed by atoms with van der Waals surface area (Å²) in [4.78, 5) is 43.5. The summed E-state index contributed by atoms with van der Waals surface area (Å²) < 4.78 is 4.12. The fraction of sp³-hybridized carbons (Fsp3) is 0.182. The van der Waals surface area contributed by atoms with Crippen molar-refractivity contribution in [3.8, 4) is 0 Å². The maximum absolute atomic E-state index is 12.5. The van der Waals surface area contributed by atoms with Gasteiger partial charge in [0.05, 0.1) is 0 Å². The summed E-state index contributed by atoms with van der Waals surface area (Å²) in [7, 11) is 4.79. The molecule has 0 aliphatic heterocycles. The van der Waals surface area contributed by atoms with Gasteiger partial charge >= 0.3 is 11.7 Å². The molecule has 2 amide bonds. The van der Waals surface area contributed by atoms with Crippen molar-refractivity contribution in [3.05, 3.63) is 69.4 Å². The Labute approximate surface area is 197 Å². The number of anilines is 2. The summed E-state index contributed by atoms with van der Waals surface area (Å²) >= 11 is 2.97. The lowest BCUT2D eigenvalue weighted by molar-refractivity contribution is 0.262. The molecular formula is C22H22N6O3S2. The predicted octanol–water partition coefficient (Wildman–Crippen LogP) is 3.49. The molecule has 2 aromatic heterocycles. The third kappa shape index (κ3) is 4.55. The molecular weight excluding hydrogens is 460 g/mol. The lowest BCUT2D eigenvalue weighted by Gasteiger charge is -2.09. The first kappa shape index (κ1) is 22.7. The van der Waals surface area contributed by atoms with Crippen molar-refractivity contribution < 1.29 is 4.79 Å². The standard InChI is InChI=1S/C22H22N6O3S2/c1-26-17-18(27(2)22(31)28(3)19(17)29)25-21(26)33-15-10-8-13(9-11-15)23-20(30)24-14-6-5-7-16(12-14)32-4/h5-12H,1-4H3,(H2,23,24,30). The molecule has 2 N–H and O–H groups in total. The summed E-state index contributed by atoms with van der Waals surface area (Å²) in [5, 5.41) is 6.21. The quantitative estimate of drug-likeness (QED) is 0.422. The van der Waals surface area contributed by atoms with Crippen LogP contribution in [0.2, 0.25) is 0 Å². The smallest absolute Gasteiger partial charge is 0.316 e. The Balaban J connectivity index is 1.49. The van der Waals surface area contributed by atoms with E-state index in [4.69, 9.17) is 0 Å². The average Bonchev–Trinajstić information content (AvgIpc) is 3.13. The molecule has 0 fully saturated rings. The van der Waals surface area contributed by atoms with Crippen LogP contribution in [0.1, 0.15) is 0 Å². The van der Waals surface area contributed by atoms with Crippen LogP contribution >= 0.6 is 23.5 Å². The highest BCUT2D eigenvalue weighted by atomic mass is 32.2. The summed E-state index contributed by atoms with van der Waals surface area (Å²) in [5.74, 6) is 0. The van der Waals surface area contributed by atoms with E-state index < -0.39 is 5.69 Å². The molecule has 0 aliphatic carbocycles. The van der Waals surface area contributed by atoms with Crippen LogP contribution in [-0.2, 0) is 21.1 Å². The number of carbonyl (C=O) groups excluding carboxylic acids is 1. The Kier molecular flexibility index (Phi) is 6.34. The number of nitrogens with one attached hydrogen (secondary N) is 2. The number of thioether (sulfide) groups is 1. The van der Waals surface area contributed by atoms with Crippen molar-refractivity contribution in [2.75, 3.05) is 16.9 Å². The van der Waals surface area contributed by atoms with Crippen molar-refractivity contribution in [1.29, 1.82) is 0 Å². The second-order valence-electron chi connectivity index (χ2n) is 7.27. The molecule has 0 atom stereocenters. The van der Waals surface area contributed by atoms with Gasteiger partial charge in [0.15, 0.2) is 16.3 Å². The number of imidazole rings is 1. The number of carbonyl (C=O) groups is 1. The maximum Gasteiger partial charge on any atom is 0.332 e. The van der Waals surface area contributed by atoms with Crippen LogP contribution in [0.15, 0.2) is 73.1 Å². The molecule has 0 unspecified atom stereocenters. The Bertz CT molecular complexity index is 1470. The number of urea groups is 1. The molecule has 0 aliphatic rings. The number of aryl methyl sites for hydroxylation is 2. The summed E-state index contributed by atoms with van der Waals surface area (Å²) in [6.45, 7) is 0. The normalized spacial score (nSPS) is 11.0. The van der Waals surface area contributed by atoms with E-state index in [0.29, 0.717) is 27.7 Å². The average molecular weight is 483 g/mol. The largest absolute Gasteiger partial charge is 0.332 e. The van der Waals surface area contributed by atoms with E-state index in [2.05, 4.69) is 15.6 Å². The van der Waals surface area contributed by atoms with Gasteiger partial charge in [0.1, 0.15) is 0 Å². The first-order valence-electron chi connectivity index (χ1n) is 9.91. The van der Waals surface area contributed by atoms with Crippen LogP contribution in [0.5, 0.6) is 0 Å². The molecule has 170 valence electrons. The molecule has 0 saturated carbocycles. The Morgan fingerprint density at radius 2 is 1.58 bits per heavy atom. The predicted molar refractivity (Wildman–Crippen MR) is 133 cm³/mol. The van der Waals surface area contributed by atoms with E-state index in [1.54, 1.807) is 42.6 Å². The van der Waals surface area contributed by atoms with E-state index >= 15 is 0 Å². The molecule has 4 rings (SSSR count). The monoisotopic (exact) mass is 482 g/mol. The number of amides is 2. The molecule has 2 aromatic carbocycles. The van der Waals surface area contributed by atoms with Crippen LogP contribution < -0.4 is 21.9 Å². The van der Waals surface area contributed by atoms with Gasteiger partial charge in [-0.1, -0.05) is 17.8 Å². The number of hydrogen-bond acceptors (Lipinski definition) is 6. The molecule has 33 heavy (non-hydrogen) atoms. The zero-order valence-corrected chi connectivity index (χ0v) is 20.1. The van der Waals surface area contributed by atoms with E-state index in [1.807, 2.05) is 42.7 Å². The number of hydrogen-bond donors (Lipinski definition) is 2. The van der Waals surface area contributed by atoms with Crippen LogP contribution in [0.3, 0.4) is 0 Å². The minimum absolute atomic E-state index is 0.333. The SMILES string of the molecule is CSc1cccc(NC(=O)Nc2ccc(Sc3nc4c(c(=O)n(C)c(=O)n4C)n3C)cc2)c1. The molecule has 0 saturated heterocycles. The maximum atomic E-state index is 12.5.